The first-order valence-electron chi connectivity index (χ1n) is 10.9. The third-order valence-corrected chi connectivity index (χ3v) is 8.69. The van der Waals surface area contributed by atoms with Crippen LogP contribution in [0.25, 0.3) is 0 Å². The predicted molar refractivity (Wildman–Crippen MR) is 120 cm³/mol. The van der Waals surface area contributed by atoms with Crippen LogP contribution in [0.3, 0.4) is 0 Å². The van der Waals surface area contributed by atoms with Gasteiger partial charge in [-0.25, -0.2) is 4.21 Å². The number of ether oxygens (including phenoxy) is 2. The van der Waals surface area contributed by atoms with Crippen molar-refractivity contribution >= 4 is 29.2 Å². The molecule has 2 fully saturated rings. The van der Waals surface area contributed by atoms with E-state index >= 15 is 0 Å². The van der Waals surface area contributed by atoms with Gasteiger partial charge in [0.1, 0.15) is 34.7 Å². The normalized spacial score (nSPS) is 39.6. The van der Waals surface area contributed by atoms with Gasteiger partial charge in [-0.15, -0.1) is 11.8 Å². The van der Waals surface area contributed by atoms with Gasteiger partial charge in [-0.05, 0) is 31.6 Å². The summed E-state index contributed by atoms with van der Waals surface area (Å²) in [5.41, 5.74) is -0.670. The second-order valence-corrected chi connectivity index (χ2v) is 11.2. The van der Waals surface area contributed by atoms with Crippen LogP contribution >= 0.6 is 11.8 Å². The fraction of sp³-hybridized carbons (Fsp3) is 0.850. The molecule has 2 bridgehead atoms. The molecule has 10 nitrogen and oxygen atoms in total. The van der Waals surface area contributed by atoms with Gasteiger partial charge in [0, 0.05) is 30.6 Å². The van der Waals surface area contributed by atoms with Crippen LogP contribution in [0.15, 0.2) is 12.2 Å². The molecule has 12 heteroatoms. The number of aliphatic hydroxyl groups excluding tert-OH is 3. The summed E-state index contributed by atoms with van der Waals surface area (Å²) in [6.45, 7) is 5.98. The average Bonchev–Trinajstić information content (AvgIpc) is 2.80. The van der Waals surface area contributed by atoms with Gasteiger partial charge in [0.15, 0.2) is 0 Å². The Hall–Kier alpha value is -0.570. The van der Waals surface area contributed by atoms with Gasteiger partial charge in [-0.2, -0.15) is 0 Å². The molecule has 0 aliphatic carbocycles. The number of aliphatic hydroxyl groups is 3. The molecule has 3 aliphatic heterocycles. The molecule has 0 aromatic rings. The number of carbonyl (C=O) groups excluding carboxylic acids is 1. The lowest BCUT2D eigenvalue weighted by atomic mass is 9.85. The Bertz CT molecular complexity index is 651. The van der Waals surface area contributed by atoms with E-state index in [0.29, 0.717) is 18.6 Å². The predicted octanol–water partition coefficient (Wildman–Crippen LogP) is -0.828. The van der Waals surface area contributed by atoms with Crippen molar-refractivity contribution < 1.29 is 38.6 Å². The number of thioether (sulfide) groups is 1. The van der Waals surface area contributed by atoms with Crippen LogP contribution in [0.5, 0.6) is 0 Å². The summed E-state index contributed by atoms with van der Waals surface area (Å²) in [6.07, 6.45) is 0.665. The standard InChI is InChI=1S/C20H34N2O8S2/c1-13(32(27)21-29-12-23)9-15-4-2-3-14(10-22-5-7-28-8-6-22)11-31-20-18(26)16(24)17(25)19(15)30-20/h2-3,12-21,24-26H,4-11H2,1H3/b3-2-/t13?,14-,15+,16-,17+,18+,19+,20+,32?/m0/s1. The number of hydrogen-bond donors (Lipinski definition) is 4. The molecule has 3 rings (SSSR count). The molecular weight excluding hydrogens is 460 g/mol. The summed E-state index contributed by atoms with van der Waals surface area (Å²) < 4.78 is 23.8. The number of nitrogens with one attached hydrogen (secondary N) is 1. The van der Waals surface area contributed by atoms with Crippen molar-refractivity contribution in [2.45, 2.75) is 54.9 Å². The highest BCUT2D eigenvalue weighted by Gasteiger charge is 2.47. The second kappa shape index (κ2) is 12.8. The molecule has 32 heavy (non-hydrogen) atoms. The van der Waals surface area contributed by atoms with Crippen molar-refractivity contribution in [3.05, 3.63) is 12.2 Å². The molecule has 184 valence electrons. The second-order valence-electron chi connectivity index (χ2n) is 8.51. The maximum Gasteiger partial charge on any atom is 0.314 e. The van der Waals surface area contributed by atoms with Crippen LogP contribution in [0, 0.1) is 11.8 Å². The van der Waals surface area contributed by atoms with Crippen LogP contribution in [0.2, 0.25) is 0 Å². The minimum absolute atomic E-state index is 0.166. The number of hydrogen-bond acceptors (Lipinski definition) is 10. The number of carbonyl (C=O) groups is 1. The molecule has 2 unspecified atom stereocenters. The first kappa shape index (κ1) is 26.0. The van der Waals surface area contributed by atoms with Crippen LogP contribution in [-0.4, -0.2) is 105 Å². The molecule has 0 spiro atoms. The molecule has 0 aromatic carbocycles. The van der Waals surface area contributed by atoms with Gasteiger partial charge in [-0.1, -0.05) is 17.0 Å². The van der Waals surface area contributed by atoms with Crippen molar-refractivity contribution in [3.63, 3.8) is 0 Å². The lowest BCUT2D eigenvalue weighted by Crippen LogP contribution is -2.59. The lowest BCUT2D eigenvalue weighted by molar-refractivity contribution is -0.211. The number of fused-ring (bicyclic) bond motifs is 2. The van der Waals surface area contributed by atoms with Gasteiger partial charge >= 0.3 is 6.47 Å². The molecule has 0 aromatic heterocycles. The molecule has 4 N–H and O–H groups in total. The number of morpholine rings is 1. The Balaban J connectivity index is 1.74. The summed E-state index contributed by atoms with van der Waals surface area (Å²) in [7, 11) is -1.63. The number of allylic oxidation sites excluding steroid dienone is 1. The molecule has 0 radical (unpaired) electrons. The van der Waals surface area contributed by atoms with E-state index in [1.165, 1.54) is 11.8 Å². The summed E-state index contributed by atoms with van der Waals surface area (Å²) >= 11 is 1.44. The van der Waals surface area contributed by atoms with E-state index in [9.17, 15) is 24.3 Å². The van der Waals surface area contributed by atoms with Crippen molar-refractivity contribution in [3.8, 4) is 0 Å². The van der Waals surface area contributed by atoms with E-state index < -0.39 is 46.1 Å². The monoisotopic (exact) mass is 494 g/mol. The molecule has 3 aliphatic rings. The van der Waals surface area contributed by atoms with Crippen LogP contribution in [0.4, 0.5) is 0 Å². The maximum atomic E-state index is 12.3. The maximum absolute atomic E-state index is 12.3. The number of rotatable bonds is 8. The fourth-order valence-electron chi connectivity index (χ4n) is 4.38. The Morgan fingerprint density at radius 3 is 2.75 bits per heavy atom. The first-order chi connectivity index (χ1) is 15.4. The third-order valence-electron chi connectivity index (χ3n) is 6.17. The number of nitrogens with zero attached hydrogens (tertiary/aromatic N) is 1. The SMILES string of the molecule is CC(C[C@H]1C/C=C\[C@@H](CN2CCOCC2)CS[C@H]2O[C@H]1[C@H](O)[C@H](O)[C@H]2O)S(=O)NOC=O. The minimum Gasteiger partial charge on any atom is -0.388 e. The molecule has 3 heterocycles. The molecule has 0 amide bonds. The zero-order valence-electron chi connectivity index (χ0n) is 18.2. The lowest BCUT2D eigenvalue weighted by Gasteiger charge is -2.44. The molecular formula is C20H34N2O8S2. The van der Waals surface area contributed by atoms with Crippen LogP contribution < -0.4 is 4.89 Å². The summed E-state index contributed by atoms with van der Waals surface area (Å²) in [6, 6.07) is 0. The van der Waals surface area contributed by atoms with Crippen molar-refractivity contribution in [2.75, 3.05) is 38.6 Å². The highest BCUT2D eigenvalue weighted by Crippen LogP contribution is 2.36. The molecule has 2 saturated heterocycles. The van der Waals surface area contributed by atoms with Gasteiger partial charge in [-0.3, -0.25) is 9.69 Å². The summed E-state index contributed by atoms with van der Waals surface area (Å²) in [5.74, 6) is 0.679. The van der Waals surface area contributed by atoms with E-state index in [1.54, 1.807) is 6.92 Å². The Kier molecular flexibility index (Phi) is 10.4. The summed E-state index contributed by atoms with van der Waals surface area (Å²) in [5, 5.41) is 31.2. The Morgan fingerprint density at radius 2 is 2.03 bits per heavy atom. The van der Waals surface area contributed by atoms with E-state index in [0.717, 1.165) is 32.8 Å². The zero-order chi connectivity index (χ0) is 23.1. The van der Waals surface area contributed by atoms with Gasteiger partial charge < -0.3 is 29.6 Å². The zero-order valence-corrected chi connectivity index (χ0v) is 19.8. The van der Waals surface area contributed by atoms with Gasteiger partial charge in [0.05, 0.1) is 19.3 Å². The van der Waals surface area contributed by atoms with Crippen LogP contribution in [-0.2, 0) is 30.1 Å². The first-order valence-corrected chi connectivity index (χ1v) is 13.2. The average molecular weight is 495 g/mol. The van der Waals surface area contributed by atoms with Gasteiger partial charge in [0.25, 0.3) is 0 Å². The van der Waals surface area contributed by atoms with E-state index in [4.69, 9.17) is 9.47 Å². The third kappa shape index (κ3) is 6.97. The topological polar surface area (TPSA) is 138 Å². The quantitative estimate of drug-likeness (QED) is 0.192. The Labute approximate surface area is 195 Å². The van der Waals surface area contributed by atoms with Crippen molar-refractivity contribution in [1.82, 2.24) is 9.79 Å². The molecule has 0 saturated carbocycles. The Morgan fingerprint density at radius 1 is 1.28 bits per heavy atom. The van der Waals surface area contributed by atoms with Crippen molar-refractivity contribution in [2.24, 2.45) is 11.8 Å². The van der Waals surface area contributed by atoms with Crippen molar-refractivity contribution in [1.29, 1.82) is 0 Å². The highest BCUT2D eigenvalue weighted by atomic mass is 32.2. The smallest absolute Gasteiger partial charge is 0.314 e. The largest absolute Gasteiger partial charge is 0.388 e. The van der Waals surface area contributed by atoms with Crippen LogP contribution in [0.1, 0.15) is 19.8 Å². The minimum atomic E-state index is -1.63. The van der Waals surface area contributed by atoms with E-state index in [-0.39, 0.29) is 18.3 Å². The van der Waals surface area contributed by atoms with Gasteiger partial charge in [0.2, 0.25) is 0 Å². The van der Waals surface area contributed by atoms with E-state index in [2.05, 4.69) is 26.8 Å². The summed E-state index contributed by atoms with van der Waals surface area (Å²) in [4.78, 5) is 19.3. The fourth-order valence-corrected chi connectivity index (χ4v) is 6.32. The highest BCUT2D eigenvalue weighted by molar-refractivity contribution is 7.99. The van der Waals surface area contributed by atoms with E-state index in [1.807, 2.05) is 0 Å². The molecule has 9 atom stereocenters.